The van der Waals surface area contributed by atoms with Crippen molar-refractivity contribution >= 4 is 45.9 Å². The van der Waals surface area contributed by atoms with Crippen molar-refractivity contribution in [1.29, 1.82) is 0 Å². The molecule has 2 fully saturated rings. The maximum Gasteiger partial charge on any atom is 0.263 e. The van der Waals surface area contributed by atoms with Gasteiger partial charge in [0.05, 0.1) is 17.4 Å². The number of piperidine rings is 1. The van der Waals surface area contributed by atoms with Crippen LogP contribution in [0.1, 0.15) is 78.5 Å². The first kappa shape index (κ1) is 28.3. The van der Waals surface area contributed by atoms with E-state index in [9.17, 15) is 9.59 Å². The van der Waals surface area contributed by atoms with Crippen molar-refractivity contribution in [2.24, 2.45) is 5.92 Å². The van der Waals surface area contributed by atoms with Crippen molar-refractivity contribution in [3.8, 4) is 0 Å². The number of hydrogen-bond acceptors (Lipinski definition) is 7. The fourth-order valence-corrected chi connectivity index (χ4v) is 6.74. The van der Waals surface area contributed by atoms with Crippen LogP contribution in [0.4, 0.5) is 17.5 Å². The monoisotopic (exact) mass is 584 g/mol. The molecule has 1 aromatic carbocycles. The predicted molar refractivity (Wildman–Crippen MR) is 168 cm³/mol. The summed E-state index contributed by atoms with van der Waals surface area (Å²) in [4.78, 5) is 42.2. The Morgan fingerprint density at radius 2 is 1.69 bits per heavy atom. The summed E-state index contributed by atoms with van der Waals surface area (Å²) in [5.74, 6) is 2.03. The van der Waals surface area contributed by atoms with Gasteiger partial charge in [0.25, 0.3) is 5.56 Å². The minimum Gasteiger partial charge on any atom is -0.370 e. The first-order valence-electron chi connectivity index (χ1n) is 15.0. The zero-order chi connectivity index (χ0) is 29.2. The lowest BCUT2D eigenvalue weighted by molar-refractivity contribution is 0.101. The van der Waals surface area contributed by atoms with E-state index in [2.05, 4.69) is 50.5 Å². The molecule has 1 aliphatic heterocycles. The van der Waals surface area contributed by atoms with E-state index >= 15 is 0 Å². The lowest BCUT2D eigenvalue weighted by atomic mass is 9.90. The largest absolute Gasteiger partial charge is 0.370 e. The van der Waals surface area contributed by atoms with E-state index < -0.39 is 0 Å². The van der Waals surface area contributed by atoms with E-state index in [4.69, 9.17) is 16.6 Å². The van der Waals surface area contributed by atoms with Crippen molar-refractivity contribution in [2.45, 2.75) is 70.7 Å². The van der Waals surface area contributed by atoms with Gasteiger partial charge in [-0.25, -0.2) is 9.97 Å². The summed E-state index contributed by atoms with van der Waals surface area (Å²) in [5.41, 5.74) is 4.84. The quantitative estimate of drug-likeness (QED) is 0.181. The van der Waals surface area contributed by atoms with Gasteiger partial charge in [0.1, 0.15) is 11.5 Å². The molecule has 0 bridgehead atoms. The summed E-state index contributed by atoms with van der Waals surface area (Å²) >= 11 is 5.93. The highest BCUT2D eigenvalue weighted by Crippen LogP contribution is 2.32. The van der Waals surface area contributed by atoms with Gasteiger partial charge in [0.15, 0.2) is 5.78 Å². The van der Waals surface area contributed by atoms with Gasteiger partial charge in [-0.05, 0) is 80.7 Å². The molecular formula is C33H37ClN6O2. The van der Waals surface area contributed by atoms with Gasteiger partial charge in [-0.15, -0.1) is 11.6 Å². The number of alkyl halides is 1. The highest BCUT2D eigenvalue weighted by molar-refractivity contribution is 6.17. The van der Waals surface area contributed by atoms with E-state index in [1.807, 2.05) is 12.3 Å². The molecule has 9 heteroatoms. The number of nitrogens with one attached hydrogen (secondary N) is 1. The van der Waals surface area contributed by atoms with Crippen LogP contribution in [0.15, 0.2) is 53.6 Å². The fourth-order valence-electron chi connectivity index (χ4n) is 6.56. The van der Waals surface area contributed by atoms with E-state index in [1.165, 1.54) is 12.5 Å². The summed E-state index contributed by atoms with van der Waals surface area (Å²) in [5, 5.41) is 3.95. The van der Waals surface area contributed by atoms with Gasteiger partial charge in [-0.3, -0.25) is 14.2 Å². The normalized spacial score (nSPS) is 16.3. The lowest BCUT2D eigenvalue weighted by Crippen LogP contribution is -2.34. The predicted octanol–water partition coefficient (Wildman–Crippen LogP) is 6.75. The number of fused-ring (bicyclic) bond motifs is 1. The lowest BCUT2D eigenvalue weighted by Gasteiger charge is -2.33. The second kappa shape index (κ2) is 12.2. The number of hydrogen-bond donors (Lipinski definition) is 1. The Kier molecular flexibility index (Phi) is 8.24. The zero-order valence-corrected chi connectivity index (χ0v) is 25.0. The maximum atomic E-state index is 13.5. The Balaban J connectivity index is 1.15. The van der Waals surface area contributed by atoms with E-state index in [0.29, 0.717) is 34.8 Å². The summed E-state index contributed by atoms with van der Waals surface area (Å²) < 4.78 is 1.73. The molecule has 0 radical (unpaired) electrons. The third kappa shape index (κ3) is 5.77. The number of pyridine rings is 2. The molecule has 1 aliphatic carbocycles. The number of rotatable bonds is 8. The van der Waals surface area contributed by atoms with Crippen molar-refractivity contribution in [1.82, 2.24) is 19.5 Å². The molecule has 0 unspecified atom stereocenters. The molecule has 8 nitrogen and oxygen atoms in total. The molecule has 0 amide bonds. The molecule has 218 valence electrons. The molecule has 1 saturated heterocycles. The molecule has 42 heavy (non-hydrogen) atoms. The second-order valence-electron chi connectivity index (χ2n) is 11.7. The van der Waals surface area contributed by atoms with E-state index in [0.717, 1.165) is 74.7 Å². The highest BCUT2D eigenvalue weighted by Gasteiger charge is 2.26. The van der Waals surface area contributed by atoms with Crippen molar-refractivity contribution in [3.63, 3.8) is 0 Å². The number of carbonyl (C=O) groups excluding carboxylic acids is 1. The highest BCUT2D eigenvalue weighted by atomic mass is 35.5. The number of Topliss-reactive ketones (excluding diaryl/α,β-unsaturated/α-hetero) is 1. The number of aryl methyl sites for hydroxylation is 1. The van der Waals surface area contributed by atoms with Crippen molar-refractivity contribution in [2.75, 3.05) is 23.3 Å². The minimum atomic E-state index is -0.250. The number of halogens is 1. The average Bonchev–Trinajstić information content (AvgIpc) is 3.53. The summed E-state index contributed by atoms with van der Waals surface area (Å²) in [6.07, 6.45) is 10.9. The van der Waals surface area contributed by atoms with Gasteiger partial charge < -0.3 is 10.2 Å². The van der Waals surface area contributed by atoms with Gasteiger partial charge in [0.2, 0.25) is 5.95 Å². The molecule has 1 saturated carbocycles. The van der Waals surface area contributed by atoms with Crippen molar-refractivity contribution in [3.05, 3.63) is 81.4 Å². The zero-order valence-electron chi connectivity index (χ0n) is 24.3. The van der Waals surface area contributed by atoms with Crippen LogP contribution >= 0.6 is 11.6 Å². The van der Waals surface area contributed by atoms with Crippen LogP contribution in [0.25, 0.3) is 11.0 Å². The SMILES string of the molecule is CC(=O)c1c(C)c2cnc(Nc3ccc(N4CCC(Cc5ccc(CCl)cc5)CC4)cn3)nc2n(C2CCCC2)c1=O. The second-order valence-corrected chi connectivity index (χ2v) is 12.0. The van der Waals surface area contributed by atoms with E-state index in [-0.39, 0.29) is 22.9 Å². The molecule has 1 N–H and O–H groups in total. The summed E-state index contributed by atoms with van der Waals surface area (Å²) in [6.45, 7) is 5.27. The molecule has 4 heterocycles. The number of anilines is 3. The molecular weight excluding hydrogens is 548 g/mol. The Labute approximate surface area is 251 Å². The first-order chi connectivity index (χ1) is 20.4. The van der Waals surface area contributed by atoms with Gasteiger partial charge >= 0.3 is 0 Å². The van der Waals surface area contributed by atoms with Crippen molar-refractivity contribution < 1.29 is 4.79 Å². The molecule has 0 spiro atoms. The smallest absolute Gasteiger partial charge is 0.263 e. The van der Waals surface area contributed by atoms with Crippen LogP contribution in [-0.2, 0) is 12.3 Å². The fraction of sp³-hybridized carbons (Fsp3) is 0.424. The van der Waals surface area contributed by atoms with E-state index in [1.54, 1.807) is 17.7 Å². The third-order valence-corrected chi connectivity index (χ3v) is 9.23. The van der Waals surface area contributed by atoms with Gasteiger partial charge in [0, 0.05) is 36.6 Å². The van der Waals surface area contributed by atoms with Crippen LogP contribution in [0, 0.1) is 12.8 Å². The van der Waals surface area contributed by atoms with Crippen LogP contribution in [-0.4, -0.2) is 38.4 Å². The van der Waals surface area contributed by atoms with Gasteiger partial charge in [-0.2, -0.15) is 4.98 Å². The molecule has 2 aliphatic rings. The molecule has 0 atom stereocenters. The molecule has 6 rings (SSSR count). The number of benzene rings is 1. The Hall–Kier alpha value is -3.78. The third-order valence-electron chi connectivity index (χ3n) is 8.92. The van der Waals surface area contributed by atoms with Crippen LogP contribution < -0.4 is 15.8 Å². The molecule has 4 aromatic rings. The Morgan fingerprint density at radius 3 is 2.33 bits per heavy atom. The Morgan fingerprint density at radius 1 is 0.976 bits per heavy atom. The standard InChI is InChI=1S/C33H37ClN6O2/c1-21-28-20-36-33(38-31(28)40(26-5-3-4-6-26)32(42)30(21)22(2)41)37-29-12-11-27(19-35-29)39-15-13-24(14-16-39)17-23-7-9-25(18-34)10-8-23/h7-12,19-20,24,26H,3-6,13-18H2,1-2H3,(H,35,36,37,38). The number of ketones is 1. The number of aromatic nitrogens is 4. The first-order valence-corrected chi connectivity index (χ1v) is 15.5. The van der Waals surface area contributed by atoms with Gasteiger partial charge in [-0.1, -0.05) is 37.1 Å². The summed E-state index contributed by atoms with van der Waals surface area (Å²) in [7, 11) is 0. The minimum absolute atomic E-state index is 0.0411. The number of carbonyl (C=O) groups is 1. The van der Waals surface area contributed by atoms with Crippen LogP contribution in [0.3, 0.4) is 0 Å². The Bertz CT molecular complexity index is 1640. The van der Waals surface area contributed by atoms with Crippen LogP contribution in [0.2, 0.25) is 0 Å². The topological polar surface area (TPSA) is 93.0 Å². The number of nitrogens with zero attached hydrogens (tertiary/aromatic N) is 5. The maximum absolute atomic E-state index is 13.5. The van der Waals surface area contributed by atoms with Crippen LogP contribution in [0.5, 0.6) is 0 Å². The average molecular weight is 585 g/mol. The summed E-state index contributed by atoms with van der Waals surface area (Å²) in [6, 6.07) is 12.7. The molecule has 3 aromatic heterocycles.